The van der Waals surface area contributed by atoms with Crippen molar-refractivity contribution in [3.63, 3.8) is 0 Å². The molecule has 0 saturated heterocycles. The van der Waals surface area contributed by atoms with Gasteiger partial charge in [0.1, 0.15) is 17.5 Å². The lowest BCUT2D eigenvalue weighted by Crippen LogP contribution is -2.33. The standard InChI is InChI=1S/C14H26N4O/c1-7-15-11-8-12(18(6)10(2)9-19)17-13(16-11)14(3,4)5/h8,10,19H,7,9H2,1-6H3,(H,15,16,17). The Morgan fingerprint density at radius 2 is 2.00 bits per heavy atom. The Morgan fingerprint density at radius 1 is 1.37 bits per heavy atom. The van der Waals surface area contributed by atoms with Gasteiger partial charge in [-0.15, -0.1) is 0 Å². The fourth-order valence-corrected chi connectivity index (χ4v) is 1.57. The van der Waals surface area contributed by atoms with Crippen LogP contribution in [0.2, 0.25) is 0 Å². The van der Waals surface area contributed by atoms with Gasteiger partial charge in [-0.3, -0.25) is 0 Å². The summed E-state index contributed by atoms with van der Waals surface area (Å²) in [6.07, 6.45) is 0. The summed E-state index contributed by atoms with van der Waals surface area (Å²) < 4.78 is 0. The van der Waals surface area contributed by atoms with Crippen LogP contribution in [0.4, 0.5) is 11.6 Å². The SMILES string of the molecule is CCNc1cc(N(C)C(C)CO)nc(C(C)(C)C)n1. The molecule has 0 aromatic carbocycles. The fraction of sp³-hybridized carbons (Fsp3) is 0.714. The monoisotopic (exact) mass is 266 g/mol. The van der Waals surface area contributed by atoms with Gasteiger partial charge in [-0.1, -0.05) is 20.8 Å². The highest BCUT2D eigenvalue weighted by atomic mass is 16.3. The van der Waals surface area contributed by atoms with E-state index in [1.165, 1.54) is 0 Å². The number of nitrogens with one attached hydrogen (secondary N) is 1. The quantitative estimate of drug-likeness (QED) is 0.854. The average Bonchev–Trinajstić information content (AvgIpc) is 2.36. The largest absolute Gasteiger partial charge is 0.394 e. The van der Waals surface area contributed by atoms with E-state index in [4.69, 9.17) is 0 Å². The van der Waals surface area contributed by atoms with Crippen LogP contribution in [0, 0.1) is 0 Å². The maximum Gasteiger partial charge on any atom is 0.138 e. The molecule has 0 radical (unpaired) electrons. The predicted octanol–water partition coefficient (Wildman–Crippen LogP) is 2.02. The Kier molecular flexibility index (Phi) is 5.11. The van der Waals surface area contributed by atoms with E-state index < -0.39 is 0 Å². The lowest BCUT2D eigenvalue weighted by Gasteiger charge is -2.27. The summed E-state index contributed by atoms with van der Waals surface area (Å²) in [5, 5.41) is 12.5. The summed E-state index contributed by atoms with van der Waals surface area (Å²) in [6, 6.07) is 1.95. The molecule has 1 aromatic heterocycles. The Balaban J connectivity index is 3.20. The molecule has 0 fully saturated rings. The van der Waals surface area contributed by atoms with Crippen LogP contribution >= 0.6 is 0 Å². The molecular formula is C14H26N4O. The van der Waals surface area contributed by atoms with Crippen molar-refractivity contribution < 1.29 is 5.11 Å². The number of aromatic nitrogens is 2. The zero-order chi connectivity index (χ0) is 14.6. The van der Waals surface area contributed by atoms with Crippen molar-refractivity contribution in [2.24, 2.45) is 0 Å². The molecule has 0 amide bonds. The number of nitrogens with zero attached hydrogens (tertiary/aromatic N) is 3. The van der Waals surface area contributed by atoms with Crippen LogP contribution in [0.25, 0.3) is 0 Å². The van der Waals surface area contributed by atoms with E-state index in [1.807, 2.05) is 31.9 Å². The van der Waals surface area contributed by atoms with Gasteiger partial charge >= 0.3 is 0 Å². The minimum atomic E-state index is -0.108. The number of hydrogen-bond donors (Lipinski definition) is 2. The number of aliphatic hydroxyl groups excluding tert-OH is 1. The zero-order valence-corrected chi connectivity index (χ0v) is 12.9. The molecule has 1 heterocycles. The number of hydrogen-bond acceptors (Lipinski definition) is 5. The molecule has 1 aromatic rings. The highest BCUT2D eigenvalue weighted by molar-refractivity contribution is 5.50. The van der Waals surface area contributed by atoms with Crippen LogP contribution in [0.5, 0.6) is 0 Å². The number of aliphatic hydroxyl groups is 1. The van der Waals surface area contributed by atoms with Crippen LogP contribution in [-0.2, 0) is 5.41 Å². The van der Waals surface area contributed by atoms with Crippen LogP contribution < -0.4 is 10.2 Å². The van der Waals surface area contributed by atoms with E-state index in [0.29, 0.717) is 0 Å². The van der Waals surface area contributed by atoms with Crippen molar-refractivity contribution in [2.75, 3.05) is 30.4 Å². The molecule has 0 spiro atoms. The third-order valence-electron chi connectivity index (χ3n) is 3.03. The Hall–Kier alpha value is -1.36. The summed E-state index contributed by atoms with van der Waals surface area (Å²) in [5.41, 5.74) is -0.108. The molecule has 5 heteroatoms. The van der Waals surface area contributed by atoms with Crippen molar-refractivity contribution >= 4 is 11.6 Å². The van der Waals surface area contributed by atoms with E-state index in [2.05, 4.69) is 36.1 Å². The lowest BCUT2D eigenvalue weighted by atomic mass is 9.96. The minimum absolute atomic E-state index is 0.0252. The van der Waals surface area contributed by atoms with Crippen molar-refractivity contribution in [3.05, 3.63) is 11.9 Å². The number of rotatable bonds is 5. The second-order valence-electron chi connectivity index (χ2n) is 5.86. The van der Waals surface area contributed by atoms with E-state index in [-0.39, 0.29) is 18.1 Å². The molecule has 0 aliphatic carbocycles. The van der Waals surface area contributed by atoms with Crippen LogP contribution in [0.3, 0.4) is 0 Å². The highest BCUT2D eigenvalue weighted by Gasteiger charge is 2.21. The first-order valence-electron chi connectivity index (χ1n) is 6.76. The summed E-state index contributed by atoms with van der Waals surface area (Å²) in [6.45, 7) is 11.2. The second kappa shape index (κ2) is 6.19. The molecule has 0 saturated carbocycles. The van der Waals surface area contributed by atoms with Crippen molar-refractivity contribution in [2.45, 2.75) is 46.1 Å². The summed E-state index contributed by atoms with van der Waals surface area (Å²) in [4.78, 5) is 11.1. The Morgan fingerprint density at radius 3 is 2.47 bits per heavy atom. The first-order valence-corrected chi connectivity index (χ1v) is 6.76. The Labute approximate surface area is 116 Å². The van der Waals surface area contributed by atoms with E-state index in [0.717, 1.165) is 24.0 Å². The van der Waals surface area contributed by atoms with Gasteiger partial charge in [0.05, 0.1) is 12.6 Å². The Bertz CT molecular complexity index is 414. The molecule has 0 bridgehead atoms. The van der Waals surface area contributed by atoms with Gasteiger partial charge in [0.25, 0.3) is 0 Å². The molecule has 108 valence electrons. The fourth-order valence-electron chi connectivity index (χ4n) is 1.57. The molecule has 2 N–H and O–H groups in total. The van der Waals surface area contributed by atoms with Gasteiger partial charge in [-0.05, 0) is 13.8 Å². The third-order valence-corrected chi connectivity index (χ3v) is 3.03. The van der Waals surface area contributed by atoms with Crippen LogP contribution in [0.1, 0.15) is 40.4 Å². The molecular weight excluding hydrogens is 240 g/mol. The maximum absolute atomic E-state index is 9.27. The maximum atomic E-state index is 9.27. The van der Waals surface area contributed by atoms with Gasteiger partial charge < -0.3 is 15.3 Å². The van der Waals surface area contributed by atoms with Gasteiger partial charge in [0.15, 0.2) is 0 Å². The van der Waals surface area contributed by atoms with Crippen molar-refractivity contribution in [1.82, 2.24) is 9.97 Å². The highest BCUT2D eigenvalue weighted by Crippen LogP contribution is 2.24. The first kappa shape index (κ1) is 15.7. The molecule has 0 aliphatic heterocycles. The van der Waals surface area contributed by atoms with E-state index in [1.54, 1.807) is 0 Å². The molecule has 1 atom stereocenters. The van der Waals surface area contributed by atoms with Crippen LogP contribution in [-0.4, -0.2) is 41.3 Å². The first-order chi connectivity index (χ1) is 8.79. The average molecular weight is 266 g/mol. The van der Waals surface area contributed by atoms with Gasteiger partial charge in [-0.2, -0.15) is 0 Å². The molecule has 0 aliphatic rings. The normalized spacial score (nSPS) is 13.2. The van der Waals surface area contributed by atoms with Gasteiger partial charge in [-0.25, -0.2) is 9.97 Å². The number of likely N-dealkylation sites (N-methyl/N-ethyl adjacent to an activating group) is 1. The van der Waals surface area contributed by atoms with E-state index >= 15 is 0 Å². The van der Waals surface area contributed by atoms with Gasteiger partial charge in [0.2, 0.25) is 0 Å². The predicted molar refractivity (Wildman–Crippen MR) is 79.8 cm³/mol. The van der Waals surface area contributed by atoms with Gasteiger partial charge in [0, 0.05) is 25.1 Å². The summed E-state index contributed by atoms with van der Waals surface area (Å²) >= 11 is 0. The zero-order valence-electron chi connectivity index (χ0n) is 12.9. The van der Waals surface area contributed by atoms with Crippen molar-refractivity contribution in [1.29, 1.82) is 0 Å². The lowest BCUT2D eigenvalue weighted by molar-refractivity contribution is 0.269. The molecule has 19 heavy (non-hydrogen) atoms. The van der Waals surface area contributed by atoms with E-state index in [9.17, 15) is 5.11 Å². The molecule has 1 unspecified atom stereocenters. The molecule has 5 nitrogen and oxygen atoms in total. The van der Waals surface area contributed by atoms with Crippen LogP contribution in [0.15, 0.2) is 6.07 Å². The summed E-state index contributed by atoms with van der Waals surface area (Å²) in [7, 11) is 1.94. The smallest absolute Gasteiger partial charge is 0.138 e. The summed E-state index contributed by atoms with van der Waals surface area (Å²) in [5.74, 6) is 2.46. The second-order valence-corrected chi connectivity index (χ2v) is 5.86. The number of anilines is 2. The third kappa shape index (κ3) is 4.06. The molecule has 1 rings (SSSR count). The van der Waals surface area contributed by atoms with Crippen molar-refractivity contribution in [3.8, 4) is 0 Å². The topological polar surface area (TPSA) is 61.3 Å². The minimum Gasteiger partial charge on any atom is -0.394 e.